The van der Waals surface area contributed by atoms with E-state index in [2.05, 4.69) is 63.7 Å². The number of benzene rings is 2. The molecule has 0 saturated heterocycles. The van der Waals surface area contributed by atoms with Crippen molar-refractivity contribution in [3.63, 3.8) is 0 Å². The molecule has 2 heterocycles. The van der Waals surface area contributed by atoms with Crippen molar-refractivity contribution in [3.05, 3.63) is 83.4 Å². The molecule has 0 aliphatic carbocycles. The Morgan fingerprint density at radius 2 is 1.92 bits per heavy atom. The SMILES string of the molecule is O=C(CCc1ncn[nH]1)N1CCc2ccccc2[C@@H]1Cc1ccccc1. The molecule has 5 heteroatoms. The average molecular weight is 346 g/mol. The van der Waals surface area contributed by atoms with E-state index in [-0.39, 0.29) is 11.9 Å². The first kappa shape index (κ1) is 16.5. The molecule has 0 saturated carbocycles. The lowest BCUT2D eigenvalue weighted by molar-refractivity contribution is -0.134. The molecule has 1 aromatic heterocycles. The Labute approximate surface area is 153 Å². The highest BCUT2D eigenvalue weighted by molar-refractivity contribution is 5.77. The second-order valence-electron chi connectivity index (χ2n) is 6.67. The number of aryl methyl sites for hydroxylation is 1. The van der Waals surface area contributed by atoms with Crippen molar-refractivity contribution < 1.29 is 4.79 Å². The normalized spacial score (nSPS) is 16.3. The van der Waals surface area contributed by atoms with Crippen LogP contribution >= 0.6 is 0 Å². The number of rotatable bonds is 5. The summed E-state index contributed by atoms with van der Waals surface area (Å²) in [5.41, 5.74) is 3.88. The molecular weight excluding hydrogens is 324 g/mol. The predicted octanol–water partition coefficient (Wildman–Crippen LogP) is 3.11. The summed E-state index contributed by atoms with van der Waals surface area (Å²) in [7, 11) is 0. The molecular formula is C21H22N4O. The van der Waals surface area contributed by atoms with E-state index in [1.165, 1.54) is 23.0 Å². The van der Waals surface area contributed by atoms with Crippen LogP contribution in [0.2, 0.25) is 0 Å². The summed E-state index contributed by atoms with van der Waals surface area (Å²) in [5.74, 6) is 0.937. The molecule has 1 aliphatic heterocycles. The van der Waals surface area contributed by atoms with Crippen LogP contribution in [0.25, 0.3) is 0 Å². The van der Waals surface area contributed by atoms with Gasteiger partial charge in [0.2, 0.25) is 5.91 Å². The van der Waals surface area contributed by atoms with Gasteiger partial charge in [0.05, 0.1) is 6.04 Å². The number of aromatic nitrogens is 3. The maximum atomic E-state index is 13.0. The first-order valence-electron chi connectivity index (χ1n) is 9.06. The molecule has 4 rings (SSSR count). The van der Waals surface area contributed by atoms with Crippen molar-refractivity contribution in [2.45, 2.75) is 31.7 Å². The molecule has 0 unspecified atom stereocenters. The molecule has 2 aromatic carbocycles. The van der Waals surface area contributed by atoms with Crippen molar-refractivity contribution in [2.75, 3.05) is 6.54 Å². The van der Waals surface area contributed by atoms with Crippen LogP contribution in [0.4, 0.5) is 0 Å². The van der Waals surface area contributed by atoms with Crippen molar-refractivity contribution in [2.24, 2.45) is 0 Å². The van der Waals surface area contributed by atoms with Crippen molar-refractivity contribution in [3.8, 4) is 0 Å². The molecule has 26 heavy (non-hydrogen) atoms. The van der Waals surface area contributed by atoms with Gasteiger partial charge in [-0.25, -0.2) is 4.98 Å². The minimum atomic E-state index is 0.0876. The van der Waals surface area contributed by atoms with Gasteiger partial charge in [0.1, 0.15) is 12.2 Å². The summed E-state index contributed by atoms with van der Waals surface area (Å²) in [6, 6.07) is 19.0. The van der Waals surface area contributed by atoms with Gasteiger partial charge in [-0.05, 0) is 29.5 Å². The number of aromatic amines is 1. The monoisotopic (exact) mass is 346 g/mol. The summed E-state index contributed by atoms with van der Waals surface area (Å²) < 4.78 is 0. The minimum absolute atomic E-state index is 0.0876. The number of hydrogen-bond acceptors (Lipinski definition) is 3. The molecule has 0 fully saturated rings. The molecule has 0 spiro atoms. The molecule has 1 amide bonds. The van der Waals surface area contributed by atoms with Gasteiger partial charge < -0.3 is 4.90 Å². The molecule has 3 aromatic rings. The van der Waals surface area contributed by atoms with Crippen LogP contribution in [0.15, 0.2) is 60.9 Å². The zero-order valence-electron chi connectivity index (χ0n) is 14.6. The smallest absolute Gasteiger partial charge is 0.223 e. The van der Waals surface area contributed by atoms with Crippen LogP contribution in [0.3, 0.4) is 0 Å². The number of nitrogens with one attached hydrogen (secondary N) is 1. The highest BCUT2D eigenvalue weighted by Crippen LogP contribution is 2.33. The zero-order valence-corrected chi connectivity index (χ0v) is 14.6. The molecule has 1 atom stereocenters. The Morgan fingerprint density at radius 3 is 2.73 bits per heavy atom. The number of H-pyrrole nitrogens is 1. The van der Waals surface area contributed by atoms with Gasteiger partial charge in [-0.15, -0.1) is 0 Å². The highest BCUT2D eigenvalue weighted by Gasteiger charge is 2.30. The van der Waals surface area contributed by atoms with E-state index in [0.29, 0.717) is 12.8 Å². The van der Waals surface area contributed by atoms with E-state index in [9.17, 15) is 4.79 Å². The quantitative estimate of drug-likeness (QED) is 0.772. The van der Waals surface area contributed by atoms with Gasteiger partial charge in [-0.1, -0.05) is 54.6 Å². The first-order chi connectivity index (χ1) is 12.8. The molecule has 1 aliphatic rings. The number of fused-ring (bicyclic) bond motifs is 1. The average Bonchev–Trinajstić information content (AvgIpc) is 3.21. The number of hydrogen-bond donors (Lipinski definition) is 1. The Bertz CT molecular complexity index is 861. The number of nitrogens with zero attached hydrogens (tertiary/aromatic N) is 3. The molecule has 0 radical (unpaired) electrons. The highest BCUT2D eigenvalue weighted by atomic mass is 16.2. The van der Waals surface area contributed by atoms with Crippen LogP contribution < -0.4 is 0 Å². The van der Waals surface area contributed by atoms with E-state index in [1.807, 2.05) is 11.0 Å². The Kier molecular flexibility index (Phi) is 4.78. The maximum Gasteiger partial charge on any atom is 0.223 e. The Morgan fingerprint density at radius 1 is 1.12 bits per heavy atom. The van der Waals surface area contributed by atoms with E-state index >= 15 is 0 Å². The van der Waals surface area contributed by atoms with Crippen LogP contribution in [0.1, 0.15) is 35.0 Å². The molecule has 5 nitrogen and oxygen atoms in total. The van der Waals surface area contributed by atoms with Crippen LogP contribution in [0.5, 0.6) is 0 Å². The van der Waals surface area contributed by atoms with E-state index < -0.39 is 0 Å². The van der Waals surface area contributed by atoms with Crippen molar-refractivity contribution in [1.29, 1.82) is 0 Å². The topological polar surface area (TPSA) is 61.9 Å². The Hall–Kier alpha value is -2.95. The summed E-state index contributed by atoms with van der Waals surface area (Å²) in [6.07, 6.45) is 4.27. The molecule has 0 bridgehead atoms. The van der Waals surface area contributed by atoms with Crippen LogP contribution in [-0.4, -0.2) is 32.5 Å². The summed E-state index contributed by atoms with van der Waals surface area (Å²) in [5, 5.41) is 6.68. The maximum absolute atomic E-state index is 13.0. The van der Waals surface area contributed by atoms with Gasteiger partial charge in [0.25, 0.3) is 0 Å². The fourth-order valence-corrected chi connectivity index (χ4v) is 3.73. The third-order valence-corrected chi connectivity index (χ3v) is 5.05. The third-order valence-electron chi connectivity index (χ3n) is 5.05. The van der Waals surface area contributed by atoms with E-state index in [1.54, 1.807) is 0 Å². The second kappa shape index (κ2) is 7.52. The first-order valence-corrected chi connectivity index (χ1v) is 9.06. The van der Waals surface area contributed by atoms with Crippen molar-refractivity contribution in [1.82, 2.24) is 20.1 Å². The third kappa shape index (κ3) is 3.52. The van der Waals surface area contributed by atoms with E-state index in [0.717, 1.165) is 25.2 Å². The van der Waals surface area contributed by atoms with Gasteiger partial charge >= 0.3 is 0 Å². The van der Waals surface area contributed by atoms with Crippen molar-refractivity contribution >= 4 is 5.91 Å². The lowest BCUT2D eigenvalue weighted by atomic mass is 9.88. The van der Waals surface area contributed by atoms with Crippen LogP contribution in [0, 0.1) is 0 Å². The minimum Gasteiger partial charge on any atom is -0.335 e. The lowest BCUT2D eigenvalue weighted by Gasteiger charge is -2.37. The van der Waals surface area contributed by atoms with Gasteiger partial charge in [-0.2, -0.15) is 5.10 Å². The fraction of sp³-hybridized carbons (Fsp3) is 0.286. The van der Waals surface area contributed by atoms with Gasteiger partial charge in [0, 0.05) is 19.4 Å². The number of amides is 1. The van der Waals surface area contributed by atoms with Crippen LogP contribution in [-0.2, 0) is 24.1 Å². The van der Waals surface area contributed by atoms with Gasteiger partial charge in [-0.3, -0.25) is 9.89 Å². The number of carbonyl (C=O) groups is 1. The lowest BCUT2D eigenvalue weighted by Crippen LogP contribution is -2.41. The fourth-order valence-electron chi connectivity index (χ4n) is 3.73. The standard InChI is InChI=1S/C21H22N4O/c26-21(11-10-20-22-15-23-24-20)25-13-12-17-8-4-5-9-18(17)19(25)14-16-6-2-1-3-7-16/h1-9,15,19H,10-14H2,(H,22,23,24)/t19-/m0/s1. The summed E-state index contributed by atoms with van der Waals surface area (Å²) >= 11 is 0. The molecule has 1 N–H and O–H groups in total. The summed E-state index contributed by atoms with van der Waals surface area (Å²) in [4.78, 5) is 19.1. The zero-order chi connectivity index (χ0) is 17.8. The van der Waals surface area contributed by atoms with Gasteiger partial charge in [0.15, 0.2) is 0 Å². The second-order valence-corrected chi connectivity index (χ2v) is 6.67. The number of carbonyl (C=O) groups excluding carboxylic acids is 1. The van der Waals surface area contributed by atoms with E-state index in [4.69, 9.17) is 0 Å². The molecule has 132 valence electrons. The largest absolute Gasteiger partial charge is 0.335 e. The predicted molar refractivity (Wildman–Crippen MR) is 99.4 cm³/mol. The Balaban J connectivity index is 1.56. The summed E-state index contributed by atoms with van der Waals surface area (Å²) in [6.45, 7) is 0.768.